The van der Waals surface area contributed by atoms with Crippen molar-refractivity contribution in [1.82, 2.24) is 4.90 Å². The van der Waals surface area contributed by atoms with Crippen molar-refractivity contribution in [2.45, 2.75) is 26.3 Å². The monoisotopic (exact) mass is 338 g/mol. The fourth-order valence-electron chi connectivity index (χ4n) is 2.93. The van der Waals surface area contributed by atoms with E-state index in [0.717, 1.165) is 22.4 Å². The van der Waals surface area contributed by atoms with Crippen molar-refractivity contribution < 1.29 is 14.0 Å². The number of hydrogen-bond donors (Lipinski definition) is 1. The first-order valence-electron chi connectivity index (χ1n) is 8.07. The van der Waals surface area contributed by atoms with Crippen molar-refractivity contribution in [3.8, 4) is 0 Å². The minimum Gasteiger partial charge on any atom is -0.307 e. The SMILES string of the molecule is Cc1ccc(NC(=O)N2C=CC(=O)CC2c2ccc(F)cc2)c(C)c1. The minimum atomic E-state index is -0.455. The maximum absolute atomic E-state index is 13.2. The van der Waals surface area contributed by atoms with Gasteiger partial charge in [-0.05, 0) is 49.2 Å². The second kappa shape index (κ2) is 6.89. The lowest BCUT2D eigenvalue weighted by Crippen LogP contribution is -2.37. The number of rotatable bonds is 2. The third-order valence-corrected chi connectivity index (χ3v) is 4.26. The predicted molar refractivity (Wildman–Crippen MR) is 94.7 cm³/mol. The van der Waals surface area contributed by atoms with Crippen molar-refractivity contribution >= 4 is 17.5 Å². The molecule has 128 valence electrons. The van der Waals surface area contributed by atoms with Crippen LogP contribution >= 0.6 is 0 Å². The van der Waals surface area contributed by atoms with Gasteiger partial charge in [-0.2, -0.15) is 0 Å². The first-order valence-corrected chi connectivity index (χ1v) is 8.07. The number of aryl methyl sites for hydroxylation is 2. The second-order valence-corrected chi connectivity index (χ2v) is 6.21. The van der Waals surface area contributed by atoms with Crippen LogP contribution < -0.4 is 5.32 Å². The summed E-state index contributed by atoms with van der Waals surface area (Å²) in [5.41, 5.74) is 3.51. The van der Waals surface area contributed by atoms with Gasteiger partial charge in [-0.3, -0.25) is 9.69 Å². The Bertz CT molecular complexity index is 843. The van der Waals surface area contributed by atoms with E-state index in [9.17, 15) is 14.0 Å². The molecule has 2 aromatic carbocycles. The van der Waals surface area contributed by atoms with Crippen LogP contribution in [0.4, 0.5) is 14.9 Å². The van der Waals surface area contributed by atoms with Gasteiger partial charge >= 0.3 is 6.03 Å². The van der Waals surface area contributed by atoms with Crippen LogP contribution in [0.1, 0.15) is 29.2 Å². The molecule has 1 aliphatic heterocycles. The van der Waals surface area contributed by atoms with E-state index in [1.54, 1.807) is 12.1 Å². The lowest BCUT2D eigenvalue weighted by atomic mass is 9.97. The predicted octanol–water partition coefficient (Wildman–Crippen LogP) is 4.50. The number of amides is 2. The Morgan fingerprint density at radius 3 is 2.56 bits per heavy atom. The highest BCUT2D eigenvalue weighted by Crippen LogP contribution is 2.29. The first kappa shape index (κ1) is 16.9. The maximum atomic E-state index is 13.2. The van der Waals surface area contributed by atoms with E-state index < -0.39 is 6.04 Å². The van der Waals surface area contributed by atoms with Crippen LogP contribution in [0.15, 0.2) is 54.7 Å². The molecule has 0 saturated heterocycles. The summed E-state index contributed by atoms with van der Waals surface area (Å²) < 4.78 is 13.2. The summed E-state index contributed by atoms with van der Waals surface area (Å²) in [7, 11) is 0. The van der Waals surface area contributed by atoms with E-state index >= 15 is 0 Å². The number of anilines is 1. The molecule has 2 aromatic rings. The van der Waals surface area contributed by atoms with Crippen molar-refractivity contribution in [2.24, 2.45) is 0 Å². The molecule has 0 aliphatic carbocycles. The van der Waals surface area contributed by atoms with E-state index in [2.05, 4.69) is 5.32 Å². The molecule has 4 nitrogen and oxygen atoms in total. The molecule has 1 atom stereocenters. The van der Waals surface area contributed by atoms with Crippen molar-refractivity contribution in [1.29, 1.82) is 0 Å². The molecule has 0 bridgehead atoms. The zero-order valence-electron chi connectivity index (χ0n) is 14.1. The van der Waals surface area contributed by atoms with Gasteiger partial charge in [0, 0.05) is 18.3 Å². The van der Waals surface area contributed by atoms with Crippen LogP contribution in [0, 0.1) is 19.7 Å². The number of nitrogens with zero attached hydrogens (tertiary/aromatic N) is 1. The lowest BCUT2D eigenvalue weighted by Gasteiger charge is -2.31. The third kappa shape index (κ3) is 3.76. The molecule has 0 fully saturated rings. The molecule has 1 N–H and O–H groups in total. The highest BCUT2D eigenvalue weighted by molar-refractivity contribution is 5.96. The molecule has 0 radical (unpaired) electrons. The number of urea groups is 1. The summed E-state index contributed by atoms with van der Waals surface area (Å²) in [5.74, 6) is -0.419. The quantitative estimate of drug-likeness (QED) is 0.876. The van der Waals surface area contributed by atoms with Crippen molar-refractivity contribution in [3.05, 3.63) is 77.2 Å². The van der Waals surface area contributed by atoms with Crippen LogP contribution in [0.2, 0.25) is 0 Å². The Morgan fingerprint density at radius 2 is 1.88 bits per heavy atom. The topological polar surface area (TPSA) is 49.4 Å². The van der Waals surface area contributed by atoms with Gasteiger partial charge in [0.2, 0.25) is 0 Å². The van der Waals surface area contributed by atoms with Gasteiger partial charge in [0.1, 0.15) is 5.82 Å². The Morgan fingerprint density at radius 1 is 1.16 bits per heavy atom. The van der Waals surface area contributed by atoms with E-state index in [-0.39, 0.29) is 24.1 Å². The van der Waals surface area contributed by atoms with E-state index in [1.165, 1.54) is 29.3 Å². The Labute approximate surface area is 146 Å². The summed E-state index contributed by atoms with van der Waals surface area (Å²) >= 11 is 0. The summed E-state index contributed by atoms with van der Waals surface area (Å²) in [6, 6.07) is 10.9. The molecule has 0 spiro atoms. The van der Waals surface area contributed by atoms with Gasteiger partial charge in [0.15, 0.2) is 5.78 Å². The van der Waals surface area contributed by atoms with Gasteiger partial charge in [-0.25, -0.2) is 9.18 Å². The Kier molecular flexibility index (Phi) is 4.65. The molecule has 0 saturated carbocycles. The molecule has 2 amide bonds. The van der Waals surface area contributed by atoms with Crippen molar-refractivity contribution in [3.63, 3.8) is 0 Å². The van der Waals surface area contributed by atoms with Crippen LogP contribution in [0.25, 0.3) is 0 Å². The minimum absolute atomic E-state index is 0.0649. The zero-order chi connectivity index (χ0) is 18.0. The highest BCUT2D eigenvalue weighted by atomic mass is 19.1. The average molecular weight is 338 g/mol. The Hall–Kier alpha value is -2.95. The number of benzene rings is 2. The molecular weight excluding hydrogens is 319 g/mol. The van der Waals surface area contributed by atoms with Gasteiger partial charge in [0.05, 0.1) is 6.04 Å². The summed E-state index contributed by atoms with van der Waals surface area (Å²) in [5, 5.41) is 2.88. The normalized spacial score (nSPS) is 16.8. The molecule has 1 unspecified atom stereocenters. The van der Waals surface area contributed by atoms with Crippen LogP contribution in [0.5, 0.6) is 0 Å². The van der Waals surface area contributed by atoms with Gasteiger partial charge in [-0.1, -0.05) is 29.8 Å². The standard InChI is InChI=1S/C20H19FN2O2/c1-13-3-8-18(14(2)11-13)22-20(25)23-10-9-17(24)12-19(23)15-4-6-16(21)7-5-15/h3-11,19H,12H2,1-2H3,(H,22,25). The number of nitrogens with one attached hydrogen (secondary N) is 1. The lowest BCUT2D eigenvalue weighted by molar-refractivity contribution is -0.116. The molecular formula is C20H19FN2O2. The maximum Gasteiger partial charge on any atom is 0.326 e. The number of hydrogen-bond acceptors (Lipinski definition) is 2. The fraction of sp³-hybridized carbons (Fsp3) is 0.200. The number of carbonyl (C=O) groups is 2. The number of ketones is 1. The first-order chi connectivity index (χ1) is 11.9. The fourth-order valence-corrected chi connectivity index (χ4v) is 2.93. The van der Waals surface area contributed by atoms with Gasteiger partial charge < -0.3 is 5.32 Å². The van der Waals surface area contributed by atoms with E-state index in [1.807, 2.05) is 32.0 Å². The molecule has 1 aliphatic rings. The third-order valence-electron chi connectivity index (χ3n) is 4.26. The second-order valence-electron chi connectivity index (χ2n) is 6.21. The van der Waals surface area contributed by atoms with Gasteiger partial charge in [-0.15, -0.1) is 0 Å². The van der Waals surface area contributed by atoms with E-state index in [4.69, 9.17) is 0 Å². The molecule has 3 rings (SSSR count). The van der Waals surface area contributed by atoms with Crippen LogP contribution in [-0.4, -0.2) is 16.7 Å². The summed E-state index contributed by atoms with van der Waals surface area (Å²) in [4.78, 5) is 26.0. The summed E-state index contributed by atoms with van der Waals surface area (Å²) in [6.45, 7) is 3.91. The number of allylic oxidation sites excluding steroid dienone is 1. The molecule has 1 heterocycles. The molecule has 25 heavy (non-hydrogen) atoms. The van der Waals surface area contributed by atoms with Crippen LogP contribution in [0.3, 0.4) is 0 Å². The largest absolute Gasteiger partial charge is 0.326 e. The molecule has 0 aromatic heterocycles. The number of carbonyl (C=O) groups excluding carboxylic acids is 2. The van der Waals surface area contributed by atoms with E-state index in [0.29, 0.717) is 0 Å². The van der Waals surface area contributed by atoms with Crippen molar-refractivity contribution in [2.75, 3.05) is 5.32 Å². The van der Waals surface area contributed by atoms with Gasteiger partial charge in [0.25, 0.3) is 0 Å². The molecule has 5 heteroatoms. The highest BCUT2D eigenvalue weighted by Gasteiger charge is 2.29. The number of halogens is 1. The summed E-state index contributed by atoms with van der Waals surface area (Å²) in [6.07, 6.45) is 3.04. The smallest absolute Gasteiger partial charge is 0.307 e. The average Bonchev–Trinajstić information content (AvgIpc) is 2.58. The van der Waals surface area contributed by atoms with Crippen LogP contribution in [-0.2, 0) is 4.79 Å². The zero-order valence-corrected chi connectivity index (χ0v) is 14.1. The Balaban J connectivity index is 1.86.